The van der Waals surface area contributed by atoms with E-state index in [1.165, 1.54) is 6.42 Å². The van der Waals surface area contributed by atoms with Crippen molar-refractivity contribution in [3.8, 4) is 5.75 Å². The first-order chi connectivity index (χ1) is 8.44. The van der Waals surface area contributed by atoms with E-state index in [-0.39, 0.29) is 5.91 Å². The predicted molar refractivity (Wildman–Crippen MR) is 71.6 cm³/mol. The molecule has 4 heteroatoms. The number of nitrogens with two attached hydrogens (primary N) is 1. The Hall–Kier alpha value is -1.71. The molecular weight excluding hydrogens is 228 g/mol. The molecule has 1 aromatic carbocycles. The fraction of sp³-hybridized carbons (Fsp3) is 0.500. The van der Waals surface area contributed by atoms with E-state index in [1.54, 1.807) is 25.3 Å². The Balaban J connectivity index is 1.95. The van der Waals surface area contributed by atoms with Crippen molar-refractivity contribution in [3.05, 3.63) is 23.8 Å². The first-order valence-electron chi connectivity index (χ1n) is 6.16. The number of ether oxygens (including phenoxy) is 1. The Kier molecular flexibility index (Phi) is 3.20. The molecule has 18 heavy (non-hydrogen) atoms. The number of nitrogens with one attached hydrogen (secondary N) is 1. The highest BCUT2D eigenvalue weighted by Crippen LogP contribution is 2.50. The van der Waals surface area contributed by atoms with E-state index in [0.29, 0.717) is 28.3 Å². The molecule has 98 valence electrons. The quantitative estimate of drug-likeness (QED) is 0.802. The summed E-state index contributed by atoms with van der Waals surface area (Å²) >= 11 is 0. The standard InChI is InChI=1S/C14H20N2O2/c1-14(2)7-10(14)8-16-13(17)9-4-5-12(18-3)11(15)6-9/h4-6,10H,7-8,15H2,1-3H3,(H,16,17). The smallest absolute Gasteiger partial charge is 0.251 e. The Morgan fingerprint density at radius 1 is 1.56 bits per heavy atom. The second kappa shape index (κ2) is 4.52. The number of hydrogen-bond donors (Lipinski definition) is 2. The van der Waals surface area contributed by atoms with Crippen molar-refractivity contribution in [2.75, 3.05) is 19.4 Å². The minimum atomic E-state index is -0.0768. The fourth-order valence-corrected chi connectivity index (χ4v) is 2.12. The highest BCUT2D eigenvalue weighted by Gasteiger charge is 2.45. The van der Waals surface area contributed by atoms with Gasteiger partial charge < -0.3 is 15.8 Å². The maximum atomic E-state index is 11.9. The molecule has 4 nitrogen and oxygen atoms in total. The summed E-state index contributed by atoms with van der Waals surface area (Å²) in [6.45, 7) is 5.17. The van der Waals surface area contributed by atoms with E-state index < -0.39 is 0 Å². The molecule has 1 atom stereocenters. The minimum absolute atomic E-state index is 0.0768. The maximum absolute atomic E-state index is 11.9. The monoisotopic (exact) mass is 248 g/mol. The molecule has 2 rings (SSSR count). The SMILES string of the molecule is COc1ccc(C(=O)NCC2CC2(C)C)cc1N. The van der Waals surface area contributed by atoms with Gasteiger partial charge in [-0.1, -0.05) is 13.8 Å². The topological polar surface area (TPSA) is 64.3 Å². The van der Waals surface area contributed by atoms with E-state index >= 15 is 0 Å². The van der Waals surface area contributed by atoms with Gasteiger partial charge >= 0.3 is 0 Å². The second-order valence-electron chi connectivity index (χ2n) is 5.56. The summed E-state index contributed by atoms with van der Waals surface area (Å²) in [4.78, 5) is 11.9. The van der Waals surface area contributed by atoms with Crippen LogP contribution in [0.1, 0.15) is 30.6 Å². The molecule has 0 heterocycles. The molecule has 0 aromatic heterocycles. The van der Waals surface area contributed by atoms with E-state index in [4.69, 9.17) is 10.5 Å². The van der Waals surface area contributed by atoms with Gasteiger partial charge in [0, 0.05) is 12.1 Å². The van der Waals surface area contributed by atoms with Crippen molar-refractivity contribution in [1.82, 2.24) is 5.32 Å². The van der Waals surface area contributed by atoms with Crippen LogP contribution in [0.4, 0.5) is 5.69 Å². The van der Waals surface area contributed by atoms with E-state index in [1.807, 2.05) is 0 Å². The van der Waals surface area contributed by atoms with Crippen LogP contribution in [0.15, 0.2) is 18.2 Å². The van der Waals surface area contributed by atoms with Gasteiger partial charge in [-0.2, -0.15) is 0 Å². The number of anilines is 1. The van der Waals surface area contributed by atoms with Crippen LogP contribution < -0.4 is 15.8 Å². The molecule has 0 radical (unpaired) electrons. The van der Waals surface area contributed by atoms with Crippen molar-refractivity contribution in [2.45, 2.75) is 20.3 Å². The van der Waals surface area contributed by atoms with Gasteiger partial charge in [0.05, 0.1) is 12.8 Å². The molecule has 0 aliphatic heterocycles. The van der Waals surface area contributed by atoms with Crippen molar-refractivity contribution in [1.29, 1.82) is 0 Å². The molecule has 3 N–H and O–H groups in total. The Labute approximate surface area is 108 Å². The van der Waals surface area contributed by atoms with Crippen LogP contribution in [-0.2, 0) is 0 Å². The lowest BCUT2D eigenvalue weighted by Gasteiger charge is -2.09. The lowest BCUT2D eigenvalue weighted by Crippen LogP contribution is -2.26. The predicted octanol–water partition coefficient (Wildman–Crippen LogP) is 2.05. The van der Waals surface area contributed by atoms with Gasteiger partial charge in [0.15, 0.2) is 0 Å². The molecule has 1 aliphatic carbocycles. The number of methoxy groups -OCH3 is 1. The molecule has 1 fully saturated rings. The largest absolute Gasteiger partial charge is 0.495 e. The molecule has 1 saturated carbocycles. The Morgan fingerprint density at radius 3 is 2.72 bits per heavy atom. The summed E-state index contributed by atoms with van der Waals surface area (Å²) in [6, 6.07) is 5.08. The molecule has 1 unspecified atom stereocenters. The van der Waals surface area contributed by atoms with Crippen molar-refractivity contribution in [2.24, 2.45) is 11.3 Å². The number of carbonyl (C=O) groups excluding carboxylic acids is 1. The van der Waals surface area contributed by atoms with Gasteiger partial charge in [0.2, 0.25) is 0 Å². The molecule has 0 spiro atoms. The zero-order valence-electron chi connectivity index (χ0n) is 11.1. The van der Waals surface area contributed by atoms with Gasteiger partial charge in [-0.15, -0.1) is 0 Å². The second-order valence-corrected chi connectivity index (χ2v) is 5.56. The number of benzene rings is 1. The van der Waals surface area contributed by atoms with Crippen LogP contribution in [0, 0.1) is 11.3 Å². The van der Waals surface area contributed by atoms with Crippen LogP contribution in [0.2, 0.25) is 0 Å². The Morgan fingerprint density at radius 2 is 2.22 bits per heavy atom. The summed E-state index contributed by atoms with van der Waals surface area (Å²) < 4.78 is 5.06. The average molecular weight is 248 g/mol. The van der Waals surface area contributed by atoms with Gasteiger partial charge in [0.1, 0.15) is 5.75 Å². The highest BCUT2D eigenvalue weighted by molar-refractivity contribution is 5.95. The Bertz CT molecular complexity index is 469. The minimum Gasteiger partial charge on any atom is -0.495 e. The zero-order chi connectivity index (χ0) is 13.3. The van der Waals surface area contributed by atoms with E-state index in [0.717, 1.165) is 6.54 Å². The summed E-state index contributed by atoms with van der Waals surface area (Å²) in [5, 5.41) is 2.95. The lowest BCUT2D eigenvalue weighted by molar-refractivity contribution is 0.0950. The number of nitrogen functional groups attached to an aromatic ring is 1. The van der Waals surface area contributed by atoms with Crippen LogP contribution in [-0.4, -0.2) is 19.6 Å². The van der Waals surface area contributed by atoms with E-state index in [2.05, 4.69) is 19.2 Å². The highest BCUT2D eigenvalue weighted by atomic mass is 16.5. The third kappa shape index (κ3) is 2.58. The summed E-state index contributed by atoms with van der Waals surface area (Å²) in [5.41, 5.74) is 7.22. The first-order valence-corrected chi connectivity index (χ1v) is 6.16. The summed E-state index contributed by atoms with van der Waals surface area (Å²) in [6.07, 6.45) is 1.18. The number of carbonyl (C=O) groups is 1. The molecule has 0 saturated heterocycles. The summed E-state index contributed by atoms with van der Waals surface area (Å²) in [5.74, 6) is 1.11. The third-order valence-corrected chi connectivity index (χ3v) is 3.72. The number of hydrogen-bond acceptors (Lipinski definition) is 3. The average Bonchev–Trinajstić information content (AvgIpc) is 2.94. The van der Waals surface area contributed by atoms with Crippen LogP contribution >= 0.6 is 0 Å². The van der Waals surface area contributed by atoms with Crippen molar-refractivity contribution >= 4 is 11.6 Å². The fourth-order valence-electron chi connectivity index (χ4n) is 2.12. The normalized spacial score (nSPS) is 20.3. The van der Waals surface area contributed by atoms with Crippen LogP contribution in [0.25, 0.3) is 0 Å². The molecule has 1 aliphatic rings. The van der Waals surface area contributed by atoms with Gasteiger partial charge in [-0.25, -0.2) is 0 Å². The van der Waals surface area contributed by atoms with Gasteiger partial charge in [-0.05, 0) is 36.0 Å². The lowest BCUT2D eigenvalue weighted by atomic mass is 10.1. The van der Waals surface area contributed by atoms with Gasteiger partial charge in [-0.3, -0.25) is 4.79 Å². The molecule has 1 aromatic rings. The van der Waals surface area contributed by atoms with Crippen molar-refractivity contribution < 1.29 is 9.53 Å². The molecular formula is C14H20N2O2. The van der Waals surface area contributed by atoms with Gasteiger partial charge in [0.25, 0.3) is 5.91 Å². The van der Waals surface area contributed by atoms with Crippen molar-refractivity contribution in [3.63, 3.8) is 0 Å². The third-order valence-electron chi connectivity index (χ3n) is 3.72. The van der Waals surface area contributed by atoms with E-state index in [9.17, 15) is 4.79 Å². The first kappa shape index (κ1) is 12.7. The molecule has 0 bridgehead atoms. The zero-order valence-corrected chi connectivity index (χ0v) is 11.1. The number of rotatable bonds is 4. The maximum Gasteiger partial charge on any atom is 0.251 e. The summed E-state index contributed by atoms with van der Waals surface area (Å²) in [7, 11) is 1.56. The van der Waals surface area contributed by atoms with Crippen LogP contribution in [0.3, 0.4) is 0 Å². The number of amides is 1. The molecule has 1 amide bonds. The van der Waals surface area contributed by atoms with Crippen LogP contribution in [0.5, 0.6) is 5.75 Å².